The normalized spacial score (nSPS) is 38.5. The lowest BCUT2D eigenvalue weighted by Gasteiger charge is -2.59. The third-order valence-corrected chi connectivity index (χ3v) is 9.30. The fraction of sp³-hybridized carbons (Fsp3) is 0.889. The number of carbonyl (C=O) groups is 3. The summed E-state index contributed by atoms with van der Waals surface area (Å²) in [6, 6.07) is 0. The molecule has 0 radical (unpaired) electrons. The van der Waals surface area contributed by atoms with E-state index in [1.54, 1.807) is 27.7 Å². The van der Waals surface area contributed by atoms with Crippen molar-refractivity contribution in [1.82, 2.24) is 0 Å². The second kappa shape index (κ2) is 7.98. The van der Waals surface area contributed by atoms with Gasteiger partial charge in [-0.1, -0.05) is 6.92 Å². The van der Waals surface area contributed by atoms with Gasteiger partial charge in [-0.15, -0.1) is 0 Å². The van der Waals surface area contributed by atoms with Gasteiger partial charge >= 0.3 is 17.9 Å². The highest BCUT2D eigenvalue weighted by Gasteiger charge is 2.58. The molecule has 5 fully saturated rings. The molecular weight excluding hydrogens is 420 g/mol. The maximum absolute atomic E-state index is 13.6. The summed E-state index contributed by atoms with van der Waals surface area (Å²) in [7, 11) is 0. The van der Waals surface area contributed by atoms with E-state index in [1.165, 1.54) is 32.1 Å². The Kier molecular flexibility index (Phi) is 5.93. The van der Waals surface area contributed by atoms with E-state index in [1.807, 2.05) is 13.8 Å². The summed E-state index contributed by atoms with van der Waals surface area (Å²) in [6.07, 6.45) is 6.36. The van der Waals surface area contributed by atoms with E-state index in [2.05, 4.69) is 6.92 Å². The lowest BCUT2D eigenvalue weighted by molar-refractivity contribution is -0.213. The van der Waals surface area contributed by atoms with Gasteiger partial charge in [0.2, 0.25) is 6.10 Å². The van der Waals surface area contributed by atoms with Gasteiger partial charge in [-0.3, -0.25) is 9.59 Å². The average molecular weight is 463 g/mol. The first-order chi connectivity index (χ1) is 15.2. The van der Waals surface area contributed by atoms with E-state index in [0.29, 0.717) is 31.1 Å². The van der Waals surface area contributed by atoms with Crippen LogP contribution in [0.4, 0.5) is 0 Å². The minimum absolute atomic E-state index is 0.206. The van der Waals surface area contributed by atoms with Crippen molar-refractivity contribution in [1.29, 1.82) is 0 Å². The average Bonchev–Trinajstić information content (AvgIpc) is 2.96. The van der Waals surface area contributed by atoms with Crippen molar-refractivity contribution in [2.45, 2.75) is 117 Å². The molecule has 1 aliphatic heterocycles. The fourth-order valence-electron chi connectivity index (χ4n) is 7.29. The monoisotopic (exact) mass is 462 g/mol. The predicted molar refractivity (Wildman–Crippen MR) is 123 cm³/mol. The maximum atomic E-state index is 13.6. The lowest BCUT2D eigenvalue weighted by Crippen LogP contribution is -2.59. The third kappa shape index (κ3) is 4.43. The van der Waals surface area contributed by atoms with Crippen LogP contribution in [0.2, 0.25) is 0 Å². The molecule has 0 aromatic heterocycles. The van der Waals surface area contributed by atoms with Crippen molar-refractivity contribution in [3.8, 4) is 0 Å². The summed E-state index contributed by atoms with van der Waals surface area (Å²) in [5, 5.41) is 0. The molecule has 4 bridgehead atoms. The molecule has 0 N–H and O–H groups in total. The highest BCUT2D eigenvalue weighted by Crippen LogP contribution is 2.60. The summed E-state index contributed by atoms with van der Waals surface area (Å²) in [5.74, 6) is 1.33. The molecule has 6 nitrogen and oxygen atoms in total. The van der Waals surface area contributed by atoms with Gasteiger partial charge in [0, 0.05) is 6.42 Å². The van der Waals surface area contributed by atoms with E-state index < -0.39 is 40.1 Å². The molecule has 0 amide bonds. The Bertz CT molecular complexity index is 798. The van der Waals surface area contributed by atoms with Crippen LogP contribution in [0, 0.1) is 34.5 Å². The Morgan fingerprint density at radius 1 is 0.970 bits per heavy atom. The summed E-state index contributed by atoms with van der Waals surface area (Å²) < 4.78 is 17.3. The van der Waals surface area contributed by atoms with E-state index in [0.717, 1.165) is 11.8 Å². The van der Waals surface area contributed by atoms with Crippen LogP contribution >= 0.6 is 0 Å². The molecule has 33 heavy (non-hydrogen) atoms. The van der Waals surface area contributed by atoms with Gasteiger partial charge in [0.05, 0.1) is 10.8 Å². The molecule has 0 spiro atoms. The van der Waals surface area contributed by atoms with Crippen LogP contribution in [0.5, 0.6) is 0 Å². The minimum atomic E-state index is -0.943. The number of carbonyl (C=O) groups excluding carboxylic acids is 3. The molecule has 6 heteroatoms. The fourth-order valence-corrected chi connectivity index (χ4v) is 7.29. The zero-order chi connectivity index (χ0) is 24.4. The minimum Gasteiger partial charge on any atom is -0.458 e. The smallest absolute Gasteiger partial charge is 0.348 e. The molecule has 2 unspecified atom stereocenters. The zero-order valence-electron chi connectivity index (χ0n) is 21.5. The number of rotatable bonds is 7. The van der Waals surface area contributed by atoms with Crippen LogP contribution in [0.25, 0.3) is 0 Å². The Balaban J connectivity index is 1.43. The van der Waals surface area contributed by atoms with Gasteiger partial charge < -0.3 is 14.2 Å². The molecule has 5 aliphatic rings. The first-order valence-electron chi connectivity index (χ1n) is 12.8. The summed E-state index contributed by atoms with van der Waals surface area (Å²) in [5.41, 5.74) is -2.79. The molecule has 5 rings (SSSR count). The molecular formula is C27H42O6. The molecule has 4 saturated carbocycles. The zero-order valence-corrected chi connectivity index (χ0v) is 21.5. The van der Waals surface area contributed by atoms with Crippen LogP contribution in [0.15, 0.2) is 0 Å². The molecule has 2 atom stereocenters. The van der Waals surface area contributed by atoms with E-state index >= 15 is 0 Å². The number of hydrogen-bond donors (Lipinski definition) is 0. The molecule has 186 valence electrons. The Morgan fingerprint density at radius 2 is 1.52 bits per heavy atom. The van der Waals surface area contributed by atoms with Crippen LogP contribution in [0.1, 0.15) is 99.8 Å². The lowest BCUT2D eigenvalue weighted by atomic mass is 9.50. The van der Waals surface area contributed by atoms with Crippen molar-refractivity contribution in [2.24, 2.45) is 34.5 Å². The van der Waals surface area contributed by atoms with Gasteiger partial charge in [0.25, 0.3) is 0 Å². The Hall–Kier alpha value is -1.59. The largest absolute Gasteiger partial charge is 0.458 e. The molecule has 4 aliphatic carbocycles. The first kappa shape index (κ1) is 24.5. The molecule has 0 aromatic rings. The van der Waals surface area contributed by atoms with Gasteiger partial charge in [-0.2, -0.15) is 0 Å². The summed E-state index contributed by atoms with van der Waals surface area (Å²) in [4.78, 5) is 38.8. The second-order valence-electron chi connectivity index (χ2n) is 13.1. The van der Waals surface area contributed by atoms with Gasteiger partial charge in [0.1, 0.15) is 11.2 Å². The quantitative estimate of drug-likeness (QED) is 0.381. The van der Waals surface area contributed by atoms with Gasteiger partial charge in [-0.25, -0.2) is 4.79 Å². The Morgan fingerprint density at radius 3 is 1.97 bits per heavy atom. The van der Waals surface area contributed by atoms with E-state index in [4.69, 9.17) is 14.2 Å². The molecule has 1 heterocycles. The van der Waals surface area contributed by atoms with Gasteiger partial charge in [-0.05, 0) is 110 Å². The number of cyclic esters (lactones) is 1. The molecule has 1 saturated heterocycles. The highest BCUT2D eigenvalue weighted by atomic mass is 16.6. The van der Waals surface area contributed by atoms with E-state index in [9.17, 15) is 14.4 Å². The number of hydrogen-bond acceptors (Lipinski definition) is 6. The molecule has 0 aromatic carbocycles. The number of ether oxygens (including phenoxy) is 3. The second-order valence-corrected chi connectivity index (χ2v) is 13.1. The van der Waals surface area contributed by atoms with Crippen molar-refractivity contribution in [2.75, 3.05) is 0 Å². The maximum Gasteiger partial charge on any atom is 0.348 e. The standard InChI is InChI=1S/C27H42O6/c1-8-26(6,15-24(2,3)22(29)31-20-14-25(4,5)32-21(20)28)23(30)33-27(7)18-10-16-9-17(12-18)13-19(27)11-16/h16-20H,8-15H2,1-7H3. The van der Waals surface area contributed by atoms with Crippen LogP contribution < -0.4 is 0 Å². The van der Waals surface area contributed by atoms with Crippen molar-refractivity contribution >= 4 is 17.9 Å². The van der Waals surface area contributed by atoms with Crippen LogP contribution in [0.3, 0.4) is 0 Å². The Labute approximate surface area is 198 Å². The first-order valence-corrected chi connectivity index (χ1v) is 12.8. The third-order valence-electron chi connectivity index (χ3n) is 9.30. The predicted octanol–water partition coefficient (Wildman–Crippen LogP) is 5.21. The van der Waals surface area contributed by atoms with Crippen molar-refractivity contribution in [3.05, 3.63) is 0 Å². The van der Waals surface area contributed by atoms with Gasteiger partial charge in [0.15, 0.2) is 0 Å². The van der Waals surface area contributed by atoms with E-state index in [-0.39, 0.29) is 5.97 Å². The highest BCUT2D eigenvalue weighted by molar-refractivity contribution is 5.84. The number of esters is 3. The van der Waals surface area contributed by atoms with Crippen LogP contribution in [-0.2, 0) is 28.6 Å². The SMILES string of the molecule is CCC(C)(CC(C)(C)C(=O)OC1CC(C)(C)OC1=O)C(=O)OC1(C)C2CC3CC(C2)CC1C3. The van der Waals surface area contributed by atoms with Crippen molar-refractivity contribution in [3.63, 3.8) is 0 Å². The summed E-state index contributed by atoms with van der Waals surface area (Å²) >= 11 is 0. The van der Waals surface area contributed by atoms with Crippen molar-refractivity contribution < 1.29 is 28.6 Å². The van der Waals surface area contributed by atoms with Crippen LogP contribution in [-0.4, -0.2) is 35.2 Å². The summed E-state index contributed by atoms with van der Waals surface area (Å²) in [6.45, 7) is 13.2. The topological polar surface area (TPSA) is 78.9 Å².